The summed E-state index contributed by atoms with van der Waals surface area (Å²) in [5, 5.41) is 64.0. The molecule has 0 aromatic carbocycles. The largest absolute Gasteiger partial charge is 0.432 e. The van der Waals surface area contributed by atoms with Crippen molar-refractivity contribution in [3.05, 3.63) is 12.2 Å². The lowest BCUT2D eigenvalue weighted by molar-refractivity contribution is -0.300. The molecular formula is C36H58O9. The monoisotopic (exact) mass is 634 g/mol. The molecule has 5 aliphatic carbocycles. The average Bonchev–Trinajstić information content (AvgIpc) is 3.37. The lowest BCUT2D eigenvalue weighted by Gasteiger charge is -2.73. The van der Waals surface area contributed by atoms with Crippen molar-refractivity contribution in [1.29, 1.82) is 0 Å². The molecule has 0 bridgehead atoms. The highest BCUT2D eigenvalue weighted by Crippen LogP contribution is 2.77. The van der Waals surface area contributed by atoms with Gasteiger partial charge in [0.1, 0.15) is 24.4 Å². The van der Waals surface area contributed by atoms with E-state index in [1.165, 1.54) is 0 Å². The Balaban J connectivity index is 1.34. The molecule has 9 nitrogen and oxygen atoms in total. The van der Waals surface area contributed by atoms with Gasteiger partial charge in [-0.15, -0.1) is 0 Å². The first-order chi connectivity index (χ1) is 20.9. The first-order valence-electron chi connectivity index (χ1n) is 17.4. The van der Waals surface area contributed by atoms with E-state index in [-0.39, 0.29) is 45.3 Å². The summed E-state index contributed by atoms with van der Waals surface area (Å²) in [5.41, 5.74) is -0.569. The topological polar surface area (TPSA) is 157 Å². The molecule has 256 valence electrons. The first kappa shape index (κ1) is 33.8. The van der Waals surface area contributed by atoms with E-state index in [0.717, 1.165) is 44.1 Å². The molecule has 6 rings (SSSR count). The Kier molecular flexibility index (Phi) is 8.25. The molecule has 45 heavy (non-hydrogen) atoms. The van der Waals surface area contributed by atoms with Gasteiger partial charge in [-0.25, -0.2) is 0 Å². The van der Waals surface area contributed by atoms with Gasteiger partial charge in [-0.1, -0.05) is 46.8 Å². The summed E-state index contributed by atoms with van der Waals surface area (Å²) in [4.78, 5) is 14.4. The third kappa shape index (κ3) is 4.46. The number of rotatable bonds is 4. The zero-order chi connectivity index (χ0) is 33.1. The number of hydrogen-bond donors (Lipinski definition) is 6. The predicted molar refractivity (Wildman–Crippen MR) is 166 cm³/mol. The van der Waals surface area contributed by atoms with Crippen LogP contribution in [0.3, 0.4) is 0 Å². The van der Waals surface area contributed by atoms with Crippen molar-refractivity contribution >= 4 is 5.97 Å². The van der Waals surface area contributed by atoms with Crippen LogP contribution < -0.4 is 0 Å². The van der Waals surface area contributed by atoms with Crippen molar-refractivity contribution in [3.8, 4) is 0 Å². The first-order valence-corrected chi connectivity index (χ1v) is 17.4. The Morgan fingerprint density at radius 3 is 2.20 bits per heavy atom. The smallest absolute Gasteiger partial charge is 0.314 e. The number of ether oxygens (including phenoxy) is 2. The second kappa shape index (κ2) is 11.0. The number of carbonyl (C=O) groups excluding carboxylic acids is 1. The van der Waals surface area contributed by atoms with Crippen LogP contribution in [-0.2, 0) is 14.3 Å². The van der Waals surface area contributed by atoms with Crippen LogP contribution in [0.25, 0.3) is 0 Å². The van der Waals surface area contributed by atoms with Gasteiger partial charge in [-0.2, -0.15) is 0 Å². The van der Waals surface area contributed by atoms with Crippen molar-refractivity contribution < 1.29 is 44.9 Å². The molecule has 0 radical (unpaired) electrons. The Labute approximate surface area is 268 Å². The van der Waals surface area contributed by atoms with Crippen LogP contribution >= 0.6 is 0 Å². The molecule has 1 heterocycles. The number of hydrogen-bond acceptors (Lipinski definition) is 9. The van der Waals surface area contributed by atoms with Gasteiger partial charge >= 0.3 is 5.97 Å². The minimum absolute atomic E-state index is 0.0119. The second-order valence-electron chi connectivity index (χ2n) is 17.5. The van der Waals surface area contributed by atoms with E-state index in [4.69, 9.17) is 9.47 Å². The summed E-state index contributed by atoms with van der Waals surface area (Å²) >= 11 is 0. The van der Waals surface area contributed by atoms with E-state index in [2.05, 4.69) is 41.2 Å². The quantitative estimate of drug-likeness (QED) is 0.202. The molecule has 1 saturated heterocycles. The van der Waals surface area contributed by atoms with Gasteiger partial charge in [0.2, 0.25) is 6.29 Å². The molecule has 0 aromatic heterocycles. The number of aliphatic hydroxyl groups is 6. The van der Waals surface area contributed by atoms with E-state index in [1.807, 2.05) is 6.92 Å². The highest BCUT2D eigenvalue weighted by Gasteiger charge is 2.73. The van der Waals surface area contributed by atoms with Crippen molar-refractivity contribution in [3.63, 3.8) is 0 Å². The molecule has 0 amide bonds. The molecule has 16 atom stereocenters. The maximum absolute atomic E-state index is 14.4. The molecule has 5 saturated carbocycles. The number of allylic oxidation sites excluding steroid dienone is 1. The molecule has 6 N–H and O–H groups in total. The van der Waals surface area contributed by atoms with Crippen LogP contribution in [0.15, 0.2) is 12.2 Å². The van der Waals surface area contributed by atoms with Gasteiger partial charge in [0.05, 0.1) is 24.2 Å². The zero-order valence-corrected chi connectivity index (χ0v) is 28.1. The van der Waals surface area contributed by atoms with Crippen LogP contribution in [0.4, 0.5) is 0 Å². The minimum Gasteiger partial charge on any atom is -0.432 e. The standard InChI is InChI=1S/C36H58O9/c1-18(2)19-10-13-36(31(43)45-30-28(42)27(41)26(40)22(17-37)44-30)15-14-34(6)20(25(19)36)8-9-23-33(5)12-11-24(39)32(3,4)29(33)21(38)16-35(23,34)7/h19-30,37-42H,1,8-17H2,2-7H3. The SMILES string of the molecule is C=C(C)C1CCC2(C(=O)OC3OC(CO)C(O)C(O)C3O)CCC3(C)C(CCC4C5(C)CCC(O)C(C)(C)C5C(O)CC43C)C12. The van der Waals surface area contributed by atoms with Crippen LogP contribution in [-0.4, -0.2) is 86.1 Å². The summed E-state index contributed by atoms with van der Waals surface area (Å²) in [5.74, 6) is 0.221. The Morgan fingerprint density at radius 1 is 0.867 bits per heavy atom. The maximum atomic E-state index is 14.4. The fourth-order valence-corrected chi connectivity index (χ4v) is 13.1. The molecule has 16 unspecified atom stereocenters. The lowest BCUT2D eigenvalue weighted by atomic mass is 9.32. The van der Waals surface area contributed by atoms with E-state index >= 15 is 0 Å². The van der Waals surface area contributed by atoms with E-state index in [0.29, 0.717) is 25.2 Å². The van der Waals surface area contributed by atoms with Crippen LogP contribution in [0.1, 0.15) is 99.3 Å². The summed E-state index contributed by atoms with van der Waals surface area (Å²) in [6.07, 6.45) is -1.27. The zero-order valence-electron chi connectivity index (χ0n) is 28.1. The molecular weight excluding hydrogens is 576 g/mol. The van der Waals surface area contributed by atoms with Gasteiger partial charge in [0, 0.05) is 0 Å². The maximum Gasteiger partial charge on any atom is 0.314 e. The fraction of sp³-hybridized carbons (Fsp3) is 0.917. The summed E-state index contributed by atoms with van der Waals surface area (Å²) in [7, 11) is 0. The van der Waals surface area contributed by atoms with Crippen LogP contribution in [0.2, 0.25) is 0 Å². The normalized spacial score (nSPS) is 55.5. The van der Waals surface area contributed by atoms with E-state index in [9.17, 15) is 35.4 Å². The number of fused-ring (bicyclic) bond motifs is 7. The number of aliphatic hydroxyl groups excluding tert-OH is 6. The van der Waals surface area contributed by atoms with Gasteiger partial charge in [0.25, 0.3) is 0 Å². The molecule has 1 aliphatic heterocycles. The average molecular weight is 635 g/mol. The third-order valence-electron chi connectivity index (χ3n) is 15.4. The third-order valence-corrected chi connectivity index (χ3v) is 15.4. The van der Waals surface area contributed by atoms with Crippen molar-refractivity contribution in [1.82, 2.24) is 0 Å². The van der Waals surface area contributed by atoms with Gasteiger partial charge in [0.15, 0.2) is 0 Å². The van der Waals surface area contributed by atoms with E-state index in [1.54, 1.807) is 0 Å². The molecule has 0 aromatic rings. The fourth-order valence-electron chi connectivity index (χ4n) is 13.1. The molecule has 9 heteroatoms. The Hall–Kier alpha value is -1.07. The number of esters is 1. The molecule has 0 spiro atoms. The summed E-state index contributed by atoms with van der Waals surface area (Å²) in [6.45, 7) is 17.3. The van der Waals surface area contributed by atoms with Gasteiger partial charge in [-0.05, 0) is 116 Å². The second-order valence-corrected chi connectivity index (χ2v) is 17.5. The Morgan fingerprint density at radius 2 is 1.56 bits per heavy atom. The molecule has 6 fully saturated rings. The van der Waals surface area contributed by atoms with Crippen LogP contribution in [0.5, 0.6) is 0 Å². The summed E-state index contributed by atoms with van der Waals surface area (Å²) < 4.78 is 11.5. The van der Waals surface area contributed by atoms with Crippen molar-refractivity contribution in [2.24, 2.45) is 56.7 Å². The summed E-state index contributed by atoms with van der Waals surface area (Å²) in [6, 6.07) is 0. The van der Waals surface area contributed by atoms with Gasteiger partial charge in [-0.3, -0.25) is 4.79 Å². The number of carbonyl (C=O) groups is 1. The van der Waals surface area contributed by atoms with E-state index < -0.39 is 60.9 Å². The predicted octanol–water partition coefficient (Wildman–Crippen LogP) is 3.32. The van der Waals surface area contributed by atoms with Crippen molar-refractivity contribution in [2.45, 2.75) is 142 Å². The van der Waals surface area contributed by atoms with Crippen molar-refractivity contribution in [2.75, 3.05) is 6.61 Å². The Bertz CT molecular complexity index is 1190. The van der Waals surface area contributed by atoms with Crippen LogP contribution in [0, 0.1) is 56.7 Å². The highest BCUT2D eigenvalue weighted by atomic mass is 16.7. The molecule has 6 aliphatic rings. The minimum atomic E-state index is -1.64. The highest BCUT2D eigenvalue weighted by molar-refractivity contribution is 5.78. The lowest BCUT2D eigenvalue weighted by Crippen LogP contribution is -2.70. The van der Waals surface area contributed by atoms with Gasteiger partial charge < -0.3 is 40.1 Å².